The zero-order valence-corrected chi connectivity index (χ0v) is 13.3. The lowest BCUT2D eigenvalue weighted by Gasteiger charge is -2.32. The first-order valence-electron chi connectivity index (χ1n) is 7.07. The van der Waals surface area contributed by atoms with E-state index in [0.717, 1.165) is 25.6 Å². The summed E-state index contributed by atoms with van der Waals surface area (Å²) < 4.78 is 0. The third-order valence-corrected chi connectivity index (χ3v) is 3.61. The van der Waals surface area contributed by atoms with Crippen molar-refractivity contribution < 1.29 is 4.79 Å². The van der Waals surface area contributed by atoms with Crippen molar-refractivity contribution in [3.8, 4) is 0 Å². The molecule has 5 heteroatoms. The number of halogens is 1. The van der Waals surface area contributed by atoms with Gasteiger partial charge in [0.05, 0.1) is 6.54 Å². The quantitative estimate of drug-likeness (QED) is 0.691. The van der Waals surface area contributed by atoms with E-state index < -0.39 is 0 Å². The third-order valence-electron chi connectivity index (χ3n) is 3.61. The summed E-state index contributed by atoms with van der Waals surface area (Å²) in [5, 5.41) is 3.23. The molecule has 0 aromatic carbocycles. The fourth-order valence-corrected chi connectivity index (χ4v) is 2.52. The molecule has 1 aliphatic heterocycles. The van der Waals surface area contributed by atoms with Crippen LogP contribution >= 0.6 is 12.4 Å². The Morgan fingerprint density at radius 2 is 1.85 bits per heavy atom. The number of nitrogens with zero attached hydrogens (tertiary/aromatic N) is 2. The maximum atomic E-state index is 12.2. The van der Waals surface area contributed by atoms with Gasteiger partial charge in [-0.05, 0) is 45.4 Å². The molecule has 1 amide bonds. The summed E-state index contributed by atoms with van der Waals surface area (Å²) in [5.41, 5.74) is 0. The molecule has 4 nitrogen and oxygen atoms in total. The van der Waals surface area contributed by atoms with Gasteiger partial charge in [0, 0.05) is 13.1 Å². The highest BCUT2D eigenvalue weighted by atomic mass is 35.5. The van der Waals surface area contributed by atoms with E-state index in [4.69, 9.17) is 0 Å². The molecule has 0 atom stereocenters. The van der Waals surface area contributed by atoms with Crippen LogP contribution in [0, 0.1) is 5.92 Å². The first kappa shape index (κ1) is 19.2. The molecule has 0 saturated carbocycles. The molecule has 1 rings (SSSR count). The third kappa shape index (κ3) is 6.55. The molecule has 1 aliphatic rings. The number of nitrogens with one attached hydrogen (secondary N) is 1. The number of amides is 1. The lowest BCUT2D eigenvalue weighted by Crippen LogP contribution is -2.44. The van der Waals surface area contributed by atoms with Crippen LogP contribution in [0.15, 0.2) is 25.3 Å². The van der Waals surface area contributed by atoms with Gasteiger partial charge in [0.2, 0.25) is 5.91 Å². The zero-order valence-electron chi connectivity index (χ0n) is 12.5. The molecule has 1 N–H and O–H groups in total. The molecule has 0 bridgehead atoms. The van der Waals surface area contributed by atoms with E-state index in [1.165, 1.54) is 12.8 Å². The molecule has 1 saturated heterocycles. The van der Waals surface area contributed by atoms with Gasteiger partial charge < -0.3 is 10.2 Å². The summed E-state index contributed by atoms with van der Waals surface area (Å²) in [6.07, 6.45) is 5.88. The largest absolute Gasteiger partial charge is 0.334 e. The topological polar surface area (TPSA) is 35.6 Å². The highest BCUT2D eigenvalue weighted by Gasteiger charge is 2.21. The van der Waals surface area contributed by atoms with Crippen molar-refractivity contribution in [2.45, 2.75) is 12.8 Å². The van der Waals surface area contributed by atoms with E-state index in [2.05, 4.69) is 23.4 Å². The standard InChI is InChI=1S/C15H27N3O.ClH/c1-4-8-18(9-5-2)15(19)13-17-10-6-14(7-11-17)12-16-3;/h4-5,14,16H,1-2,6-13H2,3H3;1H. The van der Waals surface area contributed by atoms with Gasteiger partial charge in [0.1, 0.15) is 0 Å². The van der Waals surface area contributed by atoms with Gasteiger partial charge >= 0.3 is 0 Å². The summed E-state index contributed by atoms with van der Waals surface area (Å²) in [7, 11) is 2.00. The molecular weight excluding hydrogens is 274 g/mol. The van der Waals surface area contributed by atoms with E-state index >= 15 is 0 Å². The van der Waals surface area contributed by atoms with Crippen molar-refractivity contribution in [2.75, 3.05) is 46.3 Å². The van der Waals surface area contributed by atoms with Crippen molar-refractivity contribution >= 4 is 18.3 Å². The van der Waals surface area contributed by atoms with Crippen LogP contribution in [-0.2, 0) is 4.79 Å². The molecular formula is C15H28ClN3O. The average molecular weight is 302 g/mol. The van der Waals surface area contributed by atoms with Crippen LogP contribution < -0.4 is 5.32 Å². The van der Waals surface area contributed by atoms with Gasteiger partial charge in [-0.25, -0.2) is 0 Å². The number of rotatable bonds is 8. The first-order chi connectivity index (χ1) is 9.21. The highest BCUT2D eigenvalue weighted by molar-refractivity contribution is 5.85. The molecule has 0 aliphatic carbocycles. The monoisotopic (exact) mass is 301 g/mol. The molecule has 116 valence electrons. The number of likely N-dealkylation sites (tertiary alicyclic amines) is 1. The Morgan fingerprint density at radius 3 is 2.30 bits per heavy atom. The van der Waals surface area contributed by atoms with Crippen LogP contribution in [-0.4, -0.2) is 62.0 Å². The second kappa shape index (κ2) is 10.9. The summed E-state index contributed by atoms with van der Waals surface area (Å²) in [6, 6.07) is 0. The minimum absolute atomic E-state index is 0. The van der Waals surface area contributed by atoms with E-state index in [0.29, 0.717) is 19.6 Å². The molecule has 20 heavy (non-hydrogen) atoms. The number of carbonyl (C=O) groups is 1. The van der Waals surface area contributed by atoms with Gasteiger partial charge in [-0.1, -0.05) is 12.2 Å². The number of hydrogen-bond acceptors (Lipinski definition) is 3. The SMILES string of the molecule is C=CCN(CC=C)C(=O)CN1CCC(CNC)CC1.Cl. The molecule has 0 aromatic rings. The Bertz CT molecular complexity index is 291. The molecule has 0 radical (unpaired) electrons. The minimum atomic E-state index is 0. The Labute approximate surface area is 129 Å². The molecule has 1 fully saturated rings. The lowest BCUT2D eigenvalue weighted by atomic mass is 9.97. The smallest absolute Gasteiger partial charge is 0.237 e. The first-order valence-corrected chi connectivity index (χ1v) is 7.07. The molecule has 1 heterocycles. The Balaban J connectivity index is 0.00000361. The second-order valence-corrected chi connectivity index (χ2v) is 5.15. The number of piperidine rings is 1. The maximum Gasteiger partial charge on any atom is 0.237 e. The van der Waals surface area contributed by atoms with Gasteiger partial charge in [0.25, 0.3) is 0 Å². The van der Waals surface area contributed by atoms with E-state index in [-0.39, 0.29) is 18.3 Å². The predicted octanol–water partition coefficient (Wildman–Crippen LogP) is 1.54. The van der Waals surface area contributed by atoms with Crippen LogP contribution in [0.2, 0.25) is 0 Å². The Kier molecular flexibility index (Phi) is 10.4. The van der Waals surface area contributed by atoms with E-state index in [9.17, 15) is 4.79 Å². The van der Waals surface area contributed by atoms with E-state index in [1.54, 1.807) is 17.1 Å². The van der Waals surface area contributed by atoms with Crippen LogP contribution in [0.3, 0.4) is 0 Å². The van der Waals surface area contributed by atoms with Crippen LogP contribution in [0.4, 0.5) is 0 Å². The molecule has 0 unspecified atom stereocenters. The minimum Gasteiger partial charge on any atom is -0.334 e. The summed E-state index contributed by atoms with van der Waals surface area (Å²) in [6.45, 7) is 12.2. The summed E-state index contributed by atoms with van der Waals surface area (Å²) >= 11 is 0. The lowest BCUT2D eigenvalue weighted by molar-refractivity contribution is -0.131. The van der Waals surface area contributed by atoms with Crippen LogP contribution in [0.5, 0.6) is 0 Å². The molecule has 0 spiro atoms. The van der Waals surface area contributed by atoms with Crippen molar-refractivity contribution in [3.05, 3.63) is 25.3 Å². The van der Waals surface area contributed by atoms with Crippen LogP contribution in [0.25, 0.3) is 0 Å². The highest BCUT2D eigenvalue weighted by Crippen LogP contribution is 2.16. The van der Waals surface area contributed by atoms with Gasteiger partial charge in [0.15, 0.2) is 0 Å². The van der Waals surface area contributed by atoms with Crippen molar-refractivity contribution in [1.82, 2.24) is 15.1 Å². The average Bonchev–Trinajstić information content (AvgIpc) is 2.41. The maximum absolute atomic E-state index is 12.2. The van der Waals surface area contributed by atoms with Gasteiger partial charge in [-0.15, -0.1) is 25.6 Å². The fraction of sp³-hybridized carbons (Fsp3) is 0.667. The van der Waals surface area contributed by atoms with Crippen molar-refractivity contribution in [1.29, 1.82) is 0 Å². The second-order valence-electron chi connectivity index (χ2n) is 5.15. The number of carbonyl (C=O) groups excluding carboxylic acids is 1. The fourth-order valence-electron chi connectivity index (χ4n) is 2.52. The Morgan fingerprint density at radius 1 is 1.30 bits per heavy atom. The zero-order chi connectivity index (χ0) is 14.1. The normalized spacial score (nSPS) is 16.2. The van der Waals surface area contributed by atoms with E-state index in [1.807, 2.05) is 7.05 Å². The summed E-state index contributed by atoms with van der Waals surface area (Å²) in [5.74, 6) is 0.931. The Hall–Kier alpha value is -0.840. The van der Waals surface area contributed by atoms with Gasteiger partial charge in [-0.3, -0.25) is 9.69 Å². The van der Waals surface area contributed by atoms with Gasteiger partial charge in [-0.2, -0.15) is 0 Å². The van der Waals surface area contributed by atoms with Crippen LogP contribution in [0.1, 0.15) is 12.8 Å². The molecule has 0 aromatic heterocycles. The number of hydrogen-bond donors (Lipinski definition) is 1. The van der Waals surface area contributed by atoms with Crippen molar-refractivity contribution in [3.63, 3.8) is 0 Å². The van der Waals surface area contributed by atoms with Crippen molar-refractivity contribution in [2.24, 2.45) is 5.92 Å². The predicted molar refractivity (Wildman–Crippen MR) is 87.3 cm³/mol. The summed E-state index contributed by atoms with van der Waals surface area (Å²) in [4.78, 5) is 16.2.